The van der Waals surface area contributed by atoms with Crippen molar-refractivity contribution in [3.8, 4) is 11.5 Å². The lowest BCUT2D eigenvalue weighted by molar-refractivity contribution is 0.0948. The van der Waals surface area contributed by atoms with Crippen molar-refractivity contribution in [1.29, 1.82) is 5.41 Å². The maximum absolute atomic E-state index is 13.6. The van der Waals surface area contributed by atoms with Crippen molar-refractivity contribution < 1.29 is 14.3 Å². The number of hydrogen-bond donors (Lipinski definition) is 2. The van der Waals surface area contributed by atoms with E-state index in [0.717, 1.165) is 22.3 Å². The molecule has 0 aliphatic rings. The second kappa shape index (κ2) is 11.1. The third-order valence-electron chi connectivity index (χ3n) is 7.02. The summed E-state index contributed by atoms with van der Waals surface area (Å²) >= 11 is 0. The Hall–Kier alpha value is -4.92. The number of ether oxygens (including phenoxy) is 2. The molecule has 0 spiro atoms. The number of carbonyl (C=O) groups is 1. The number of aryl methyl sites for hydroxylation is 4. The van der Waals surface area contributed by atoms with Crippen LogP contribution in [0.4, 0.5) is 0 Å². The van der Waals surface area contributed by atoms with E-state index in [2.05, 4.69) is 5.32 Å². The summed E-state index contributed by atoms with van der Waals surface area (Å²) in [7, 11) is 3.16. The lowest BCUT2D eigenvalue weighted by Gasteiger charge is -2.16. The highest BCUT2D eigenvalue weighted by molar-refractivity contribution is 5.96. The minimum absolute atomic E-state index is 0.0146. The van der Waals surface area contributed by atoms with Crippen LogP contribution in [0.15, 0.2) is 71.7 Å². The Morgan fingerprint density at radius 2 is 1.68 bits per heavy atom. The summed E-state index contributed by atoms with van der Waals surface area (Å²) in [6.45, 7) is 4.51. The van der Waals surface area contributed by atoms with Gasteiger partial charge in [-0.2, -0.15) is 0 Å². The number of nitrogens with zero attached hydrogens (tertiary/aromatic N) is 3. The van der Waals surface area contributed by atoms with E-state index >= 15 is 0 Å². The van der Waals surface area contributed by atoms with Gasteiger partial charge in [0.2, 0.25) is 0 Å². The Morgan fingerprint density at radius 1 is 0.950 bits per heavy atom. The van der Waals surface area contributed by atoms with Gasteiger partial charge in [0.25, 0.3) is 11.5 Å². The summed E-state index contributed by atoms with van der Waals surface area (Å²) in [4.78, 5) is 31.8. The number of aromatic nitrogens is 3. The number of amides is 1. The second-order valence-corrected chi connectivity index (χ2v) is 9.70. The molecule has 204 valence electrons. The molecule has 2 N–H and O–H groups in total. The van der Waals surface area contributed by atoms with Crippen LogP contribution in [-0.2, 0) is 19.5 Å². The van der Waals surface area contributed by atoms with Crippen molar-refractivity contribution in [2.45, 2.75) is 33.4 Å². The smallest absolute Gasteiger partial charge is 0.267 e. The zero-order valence-electron chi connectivity index (χ0n) is 22.9. The van der Waals surface area contributed by atoms with Crippen LogP contribution in [-0.4, -0.2) is 34.1 Å². The zero-order chi connectivity index (χ0) is 28.4. The SMILES string of the molecule is COc1ccc(CCn2c(=N)c(C(=O)NCc3ccc(C)cc3)cc3c(=O)n4cccc(C)c4nc32)cc1OC. The van der Waals surface area contributed by atoms with Crippen LogP contribution < -0.4 is 25.8 Å². The minimum atomic E-state index is -0.430. The highest BCUT2D eigenvalue weighted by Gasteiger charge is 2.18. The summed E-state index contributed by atoms with van der Waals surface area (Å²) in [5.41, 5.74) is 4.52. The van der Waals surface area contributed by atoms with Crippen molar-refractivity contribution in [3.05, 3.63) is 111 Å². The maximum Gasteiger partial charge on any atom is 0.267 e. The minimum Gasteiger partial charge on any atom is -0.493 e. The van der Waals surface area contributed by atoms with Gasteiger partial charge in [-0.3, -0.25) is 19.4 Å². The van der Waals surface area contributed by atoms with Gasteiger partial charge in [-0.1, -0.05) is 42.0 Å². The Labute approximate surface area is 231 Å². The van der Waals surface area contributed by atoms with Crippen molar-refractivity contribution >= 4 is 22.6 Å². The van der Waals surface area contributed by atoms with Crippen LogP contribution in [0.3, 0.4) is 0 Å². The first-order chi connectivity index (χ1) is 19.3. The number of pyridine rings is 2. The lowest BCUT2D eigenvalue weighted by Crippen LogP contribution is -2.35. The largest absolute Gasteiger partial charge is 0.493 e. The summed E-state index contributed by atoms with van der Waals surface area (Å²) < 4.78 is 13.9. The van der Waals surface area contributed by atoms with Gasteiger partial charge in [0.15, 0.2) is 11.5 Å². The van der Waals surface area contributed by atoms with Crippen LogP contribution in [0.2, 0.25) is 0 Å². The van der Waals surface area contributed by atoms with Crippen LogP contribution in [0, 0.1) is 19.3 Å². The standard InChI is InChI=1S/C31H31N5O4/c1-19-7-9-22(10-8-19)18-33-30(37)23-17-24-29(34-28-20(2)6-5-14-36(28)31(24)38)35(27(23)32)15-13-21-11-12-25(39-3)26(16-21)40-4/h5-12,14,16-17,32H,13,15,18H2,1-4H3,(H,33,37). The fourth-order valence-electron chi connectivity index (χ4n) is 4.75. The molecule has 0 fully saturated rings. The third kappa shape index (κ3) is 5.05. The summed E-state index contributed by atoms with van der Waals surface area (Å²) in [5, 5.41) is 12.2. The first-order valence-corrected chi connectivity index (χ1v) is 13.0. The number of carbonyl (C=O) groups excluding carboxylic acids is 1. The van der Waals surface area contributed by atoms with Gasteiger partial charge >= 0.3 is 0 Å². The number of rotatable bonds is 8. The van der Waals surface area contributed by atoms with E-state index in [4.69, 9.17) is 19.9 Å². The van der Waals surface area contributed by atoms with E-state index in [9.17, 15) is 9.59 Å². The fourth-order valence-corrected chi connectivity index (χ4v) is 4.75. The molecule has 0 bridgehead atoms. The molecule has 40 heavy (non-hydrogen) atoms. The van der Waals surface area contributed by atoms with Crippen molar-refractivity contribution in [2.24, 2.45) is 0 Å². The van der Waals surface area contributed by atoms with Gasteiger partial charge in [-0.05, 0) is 61.2 Å². The molecular weight excluding hydrogens is 506 g/mol. The van der Waals surface area contributed by atoms with E-state index < -0.39 is 5.91 Å². The van der Waals surface area contributed by atoms with E-state index in [-0.39, 0.29) is 22.0 Å². The van der Waals surface area contributed by atoms with Gasteiger partial charge < -0.3 is 19.4 Å². The van der Waals surface area contributed by atoms with E-state index in [1.807, 2.05) is 62.4 Å². The number of benzene rings is 2. The molecular formula is C31H31N5O4. The quantitative estimate of drug-likeness (QED) is 0.292. The number of fused-ring (bicyclic) bond motifs is 2. The Kier molecular flexibility index (Phi) is 7.37. The molecule has 0 saturated carbocycles. The molecule has 2 aromatic carbocycles. The monoisotopic (exact) mass is 537 g/mol. The maximum atomic E-state index is 13.6. The molecule has 0 aliphatic carbocycles. The van der Waals surface area contributed by atoms with Gasteiger partial charge in [-0.25, -0.2) is 4.98 Å². The van der Waals surface area contributed by atoms with E-state index in [0.29, 0.717) is 42.3 Å². The summed E-state index contributed by atoms with van der Waals surface area (Å²) in [6.07, 6.45) is 2.17. The molecule has 0 aliphatic heterocycles. The molecule has 5 rings (SSSR count). The van der Waals surface area contributed by atoms with Crippen LogP contribution >= 0.6 is 0 Å². The Balaban J connectivity index is 1.60. The van der Waals surface area contributed by atoms with Crippen molar-refractivity contribution in [3.63, 3.8) is 0 Å². The average molecular weight is 538 g/mol. The molecule has 0 atom stereocenters. The molecule has 9 heteroatoms. The third-order valence-corrected chi connectivity index (χ3v) is 7.02. The van der Waals surface area contributed by atoms with Crippen molar-refractivity contribution in [2.75, 3.05) is 14.2 Å². The average Bonchev–Trinajstić information content (AvgIpc) is 2.96. The summed E-state index contributed by atoms with van der Waals surface area (Å²) in [5.74, 6) is 0.790. The molecule has 0 radical (unpaired) electrons. The van der Waals surface area contributed by atoms with Gasteiger partial charge in [0.1, 0.15) is 16.8 Å². The van der Waals surface area contributed by atoms with Crippen molar-refractivity contribution in [1.82, 2.24) is 19.3 Å². The fraction of sp³-hybridized carbons (Fsp3) is 0.226. The van der Waals surface area contributed by atoms with Gasteiger partial charge in [-0.15, -0.1) is 0 Å². The number of methoxy groups -OCH3 is 2. The molecule has 0 unspecified atom stereocenters. The molecule has 3 aromatic heterocycles. The highest BCUT2D eigenvalue weighted by atomic mass is 16.5. The van der Waals surface area contributed by atoms with E-state index in [1.165, 1.54) is 10.5 Å². The molecule has 9 nitrogen and oxygen atoms in total. The second-order valence-electron chi connectivity index (χ2n) is 9.70. The van der Waals surface area contributed by atoms with Gasteiger partial charge in [0, 0.05) is 19.3 Å². The highest BCUT2D eigenvalue weighted by Crippen LogP contribution is 2.28. The van der Waals surface area contributed by atoms with E-state index in [1.54, 1.807) is 31.0 Å². The normalized spacial score (nSPS) is 11.1. The Bertz CT molecular complexity index is 1860. The predicted octanol–water partition coefficient (Wildman–Crippen LogP) is 3.94. The van der Waals surface area contributed by atoms with Crippen LogP contribution in [0.5, 0.6) is 11.5 Å². The van der Waals surface area contributed by atoms with Gasteiger partial charge in [0.05, 0.1) is 25.2 Å². The zero-order valence-corrected chi connectivity index (χ0v) is 22.9. The number of nitrogens with one attached hydrogen (secondary N) is 2. The number of hydrogen-bond acceptors (Lipinski definition) is 6. The first-order valence-electron chi connectivity index (χ1n) is 13.0. The lowest BCUT2D eigenvalue weighted by atomic mass is 10.1. The topological polar surface area (TPSA) is 111 Å². The molecule has 1 amide bonds. The molecule has 0 saturated heterocycles. The molecule has 3 heterocycles. The Morgan fingerprint density at radius 3 is 2.40 bits per heavy atom. The summed E-state index contributed by atoms with van der Waals surface area (Å²) in [6, 6.07) is 18.7. The van der Waals surface area contributed by atoms with Crippen LogP contribution in [0.1, 0.15) is 32.6 Å². The molecule has 5 aromatic rings. The first kappa shape index (κ1) is 26.7. The van der Waals surface area contributed by atoms with Crippen LogP contribution in [0.25, 0.3) is 16.7 Å². The predicted molar refractivity (Wildman–Crippen MR) is 153 cm³/mol.